The monoisotopic (exact) mass is 202 g/mol. The molecule has 1 N–H and O–H groups in total. The maximum Gasteiger partial charge on any atom is 0.317 e. The summed E-state index contributed by atoms with van der Waals surface area (Å²) in [5.74, 6) is -1.77. The molecule has 0 aromatic rings. The molecule has 14 heavy (non-hydrogen) atoms. The average molecular weight is 202 g/mol. The van der Waals surface area contributed by atoms with Crippen LogP contribution in [0.1, 0.15) is 46.0 Å². The molecular weight excluding hydrogens is 184 g/mol. The molecule has 0 rings (SSSR count). The van der Waals surface area contributed by atoms with Crippen LogP contribution in [0.15, 0.2) is 0 Å². The largest absolute Gasteiger partial charge is 0.481 e. The Bertz CT molecular complexity index is 183. The highest BCUT2D eigenvalue weighted by atomic mass is 16.5. The third kappa shape index (κ3) is 6.46. The van der Waals surface area contributed by atoms with Gasteiger partial charge < -0.3 is 9.84 Å². The van der Waals surface area contributed by atoms with E-state index in [1.807, 2.05) is 13.8 Å². The van der Waals surface area contributed by atoms with Crippen LogP contribution in [0.5, 0.6) is 0 Å². The summed E-state index contributed by atoms with van der Waals surface area (Å²) < 4.78 is 5.02. The van der Waals surface area contributed by atoms with Gasteiger partial charge in [0.1, 0.15) is 12.5 Å². The first-order valence-electron chi connectivity index (χ1n) is 5.01. The van der Waals surface area contributed by atoms with Gasteiger partial charge >= 0.3 is 11.9 Å². The van der Waals surface area contributed by atoms with Crippen molar-refractivity contribution in [2.45, 2.75) is 52.1 Å². The first-order chi connectivity index (χ1) is 6.60. The van der Waals surface area contributed by atoms with Crippen molar-refractivity contribution in [3.8, 4) is 0 Å². The van der Waals surface area contributed by atoms with E-state index in [0.29, 0.717) is 0 Å². The summed E-state index contributed by atoms with van der Waals surface area (Å²) in [6, 6.07) is 0. The Morgan fingerprint density at radius 3 is 2.07 bits per heavy atom. The van der Waals surface area contributed by atoms with Gasteiger partial charge in [-0.2, -0.15) is 0 Å². The average Bonchev–Trinajstić information content (AvgIpc) is 2.03. The number of carboxylic acid groups (broad SMARTS) is 1. The second-order valence-corrected chi connectivity index (χ2v) is 3.26. The minimum atomic E-state index is -1.14. The number of aliphatic carboxylic acids is 1. The highest BCUT2D eigenvalue weighted by Gasteiger charge is 2.15. The van der Waals surface area contributed by atoms with Crippen LogP contribution in [-0.2, 0) is 14.3 Å². The number of ether oxygens (including phenoxy) is 1. The number of carbonyl (C=O) groups is 2. The summed E-state index contributed by atoms with van der Waals surface area (Å²) in [6.45, 7) is 4.02. The van der Waals surface area contributed by atoms with Gasteiger partial charge in [-0.1, -0.05) is 26.7 Å². The molecule has 0 atom stereocenters. The zero-order valence-electron chi connectivity index (χ0n) is 8.78. The molecule has 0 aliphatic heterocycles. The van der Waals surface area contributed by atoms with Gasteiger partial charge in [-0.3, -0.25) is 9.59 Å². The van der Waals surface area contributed by atoms with Gasteiger partial charge in [0.25, 0.3) is 0 Å². The smallest absolute Gasteiger partial charge is 0.317 e. The van der Waals surface area contributed by atoms with Gasteiger partial charge in [0, 0.05) is 0 Å². The predicted octanol–water partition coefficient (Wildman–Crippen LogP) is 1.97. The minimum absolute atomic E-state index is 0.114. The van der Waals surface area contributed by atoms with Crippen LogP contribution in [0.25, 0.3) is 0 Å². The lowest BCUT2D eigenvalue weighted by Gasteiger charge is -2.15. The number of carboxylic acids is 1. The van der Waals surface area contributed by atoms with Crippen molar-refractivity contribution in [2.24, 2.45) is 0 Å². The van der Waals surface area contributed by atoms with E-state index in [9.17, 15) is 9.59 Å². The van der Waals surface area contributed by atoms with E-state index >= 15 is 0 Å². The third-order valence-electron chi connectivity index (χ3n) is 1.81. The standard InChI is InChI=1S/C10H18O4/c1-3-5-8(6-4-2)14-10(13)7-9(11)12/h8H,3-7H2,1-2H3,(H,11,12). The van der Waals surface area contributed by atoms with Gasteiger partial charge in [-0.15, -0.1) is 0 Å². The Morgan fingerprint density at radius 1 is 1.21 bits per heavy atom. The normalized spacial score (nSPS) is 10.2. The molecular formula is C10H18O4. The van der Waals surface area contributed by atoms with Crippen molar-refractivity contribution in [1.29, 1.82) is 0 Å². The van der Waals surface area contributed by atoms with E-state index in [1.54, 1.807) is 0 Å². The van der Waals surface area contributed by atoms with Gasteiger partial charge in [0.05, 0.1) is 0 Å². The molecule has 82 valence electrons. The van der Waals surface area contributed by atoms with Gasteiger partial charge in [-0.05, 0) is 12.8 Å². The molecule has 0 saturated carbocycles. The lowest BCUT2D eigenvalue weighted by Crippen LogP contribution is -2.20. The van der Waals surface area contributed by atoms with Crippen molar-refractivity contribution < 1.29 is 19.4 Å². The number of hydrogen-bond acceptors (Lipinski definition) is 3. The molecule has 4 nitrogen and oxygen atoms in total. The highest BCUT2D eigenvalue weighted by molar-refractivity contribution is 5.90. The molecule has 0 aromatic heterocycles. The predicted molar refractivity (Wildman–Crippen MR) is 51.9 cm³/mol. The van der Waals surface area contributed by atoms with E-state index in [2.05, 4.69) is 0 Å². The van der Waals surface area contributed by atoms with Crippen molar-refractivity contribution in [2.75, 3.05) is 0 Å². The van der Waals surface area contributed by atoms with E-state index in [-0.39, 0.29) is 6.10 Å². The van der Waals surface area contributed by atoms with E-state index in [0.717, 1.165) is 25.7 Å². The zero-order chi connectivity index (χ0) is 11.0. The Hall–Kier alpha value is -1.06. The molecule has 0 spiro atoms. The molecule has 0 fully saturated rings. The van der Waals surface area contributed by atoms with Crippen LogP contribution in [0, 0.1) is 0 Å². The summed E-state index contributed by atoms with van der Waals surface area (Å²) in [4.78, 5) is 21.2. The summed E-state index contributed by atoms with van der Waals surface area (Å²) >= 11 is 0. The number of esters is 1. The molecule has 0 aromatic carbocycles. The molecule has 0 saturated heterocycles. The van der Waals surface area contributed by atoms with E-state index in [1.165, 1.54) is 0 Å². The van der Waals surface area contributed by atoms with Gasteiger partial charge in [-0.25, -0.2) is 0 Å². The Kier molecular flexibility index (Phi) is 6.80. The molecule has 0 radical (unpaired) electrons. The van der Waals surface area contributed by atoms with Crippen LogP contribution < -0.4 is 0 Å². The van der Waals surface area contributed by atoms with Crippen LogP contribution in [-0.4, -0.2) is 23.1 Å². The lowest BCUT2D eigenvalue weighted by molar-refractivity contribution is -0.155. The Balaban J connectivity index is 3.88. The van der Waals surface area contributed by atoms with Gasteiger partial charge in [0.2, 0.25) is 0 Å². The van der Waals surface area contributed by atoms with Crippen molar-refractivity contribution in [1.82, 2.24) is 0 Å². The zero-order valence-corrected chi connectivity index (χ0v) is 8.78. The minimum Gasteiger partial charge on any atom is -0.481 e. The molecule has 0 unspecified atom stereocenters. The first kappa shape index (κ1) is 12.9. The summed E-state index contributed by atoms with van der Waals surface area (Å²) in [5, 5.41) is 8.36. The second kappa shape index (κ2) is 7.35. The van der Waals surface area contributed by atoms with Crippen molar-refractivity contribution in [3.63, 3.8) is 0 Å². The topological polar surface area (TPSA) is 63.6 Å². The second-order valence-electron chi connectivity index (χ2n) is 3.26. The third-order valence-corrected chi connectivity index (χ3v) is 1.81. The fraction of sp³-hybridized carbons (Fsp3) is 0.800. The number of hydrogen-bond donors (Lipinski definition) is 1. The SMILES string of the molecule is CCCC(CCC)OC(=O)CC(=O)O. The molecule has 0 bridgehead atoms. The van der Waals surface area contributed by atoms with Crippen LogP contribution in [0.3, 0.4) is 0 Å². The molecule has 0 heterocycles. The Labute approximate surface area is 84.3 Å². The molecule has 0 aliphatic carbocycles. The lowest BCUT2D eigenvalue weighted by atomic mass is 10.1. The quantitative estimate of drug-likeness (QED) is 0.506. The van der Waals surface area contributed by atoms with E-state index in [4.69, 9.17) is 9.84 Å². The summed E-state index contributed by atoms with van der Waals surface area (Å²) in [6.07, 6.45) is 2.83. The van der Waals surface area contributed by atoms with Crippen LogP contribution in [0.4, 0.5) is 0 Å². The van der Waals surface area contributed by atoms with Crippen molar-refractivity contribution >= 4 is 11.9 Å². The molecule has 0 amide bonds. The van der Waals surface area contributed by atoms with Gasteiger partial charge in [0.15, 0.2) is 0 Å². The first-order valence-corrected chi connectivity index (χ1v) is 5.01. The maximum atomic E-state index is 11.0. The molecule has 4 heteroatoms. The maximum absolute atomic E-state index is 11.0. The highest BCUT2D eigenvalue weighted by Crippen LogP contribution is 2.10. The number of carbonyl (C=O) groups excluding carboxylic acids is 1. The summed E-state index contributed by atoms with van der Waals surface area (Å²) in [7, 11) is 0. The molecule has 0 aliphatic rings. The van der Waals surface area contributed by atoms with E-state index < -0.39 is 18.4 Å². The van der Waals surface area contributed by atoms with Crippen LogP contribution in [0.2, 0.25) is 0 Å². The summed E-state index contributed by atoms with van der Waals surface area (Å²) in [5.41, 5.74) is 0. The van der Waals surface area contributed by atoms with Crippen molar-refractivity contribution in [3.05, 3.63) is 0 Å². The fourth-order valence-electron chi connectivity index (χ4n) is 1.26. The van der Waals surface area contributed by atoms with Crippen LogP contribution >= 0.6 is 0 Å². The fourth-order valence-corrected chi connectivity index (χ4v) is 1.26. The Morgan fingerprint density at radius 2 is 1.71 bits per heavy atom. The number of rotatable bonds is 7.